The van der Waals surface area contributed by atoms with Crippen LogP contribution < -0.4 is 16.1 Å². The second-order valence-corrected chi connectivity index (χ2v) is 12.7. The number of hydrogen-bond donors (Lipinski definition) is 2. The van der Waals surface area contributed by atoms with Gasteiger partial charge in [0, 0.05) is 40.1 Å². The van der Waals surface area contributed by atoms with Crippen LogP contribution >= 0.6 is 15.9 Å². The van der Waals surface area contributed by atoms with Gasteiger partial charge < -0.3 is 38.3 Å². The number of esters is 2. The molecule has 4 aromatic rings. The van der Waals surface area contributed by atoms with E-state index in [0.29, 0.717) is 24.6 Å². The molecule has 5 rings (SSSR count). The van der Waals surface area contributed by atoms with Crippen LogP contribution in [0.2, 0.25) is 0 Å². The number of halogens is 1. The van der Waals surface area contributed by atoms with E-state index in [1.165, 1.54) is 14.2 Å². The number of aryl methyl sites for hydroxylation is 2. The summed E-state index contributed by atoms with van der Waals surface area (Å²) < 4.78 is 33.3. The number of carbonyl (C=O) groups excluding carboxylic acids is 2. The number of benzene rings is 2. The molecular formula is C34H40BBrN2O8. The summed E-state index contributed by atoms with van der Waals surface area (Å²) >= 11 is 3.39. The van der Waals surface area contributed by atoms with E-state index in [1.807, 2.05) is 90.1 Å². The predicted octanol–water partition coefficient (Wildman–Crippen LogP) is 7.04. The predicted molar refractivity (Wildman–Crippen MR) is 181 cm³/mol. The Labute approximate surface area is 278 Å². The highest BCUT2D eigenvalue weighted by Crippen LogP contribution is 2.36. The Morgan fingerprint density at radius 2 is 1.11 bits per heavy atom. The van der Waals surface area contributed by atoms with Gasteiger partial charge in [0.2, 0.25) is 11.5 Å². The van der Waals surface area contributed by atoms with Crippen molar-refractivity contribution >= 4 is 51.8 Å². The molecule has 1 saturated heterocycles. The van der Waals surface area contributed by atoms with E-state index >= 15 is 0 Å². The molecule has 244 valence electrons. The first-order valence-electron chi connectivity index (χ1n) is 14.8. The normalized spacial score (nSPS) is 14.7. The van der Waals surface area contributed by atoms with Crippen LogP contribution in [-0.4, -0.2) is 44.5 Å². The van der Waals surface area contributed by atoms with Gasteiger partial charge in [0.05, 0.1) is 25.4 Å². The Kier molecular flexibility index (Phi) is 11.1. The molecule has 3 heterocycles. The van der Waals surface area contributed by atoms with E-state index in [2.05, 4.69) is 36.0 Å². The van der Waals surface area contributed by atoms with Gasteiger partial charge in [-0.3, -0.25) is 0 Å². The largest absolute Gasteiger partial charge is 0.494 e. The Hall–Kier alpha value is -4.00. The van der Waals surface area contributed by atoms with Gasteiger partial charge in [0.25, 0.3) is 0 Å². The van der Waals surface area contributed by atoms with E-state index in [-0.39, 0.29) is 29.8 Å². The van der Waals surface area contributed by atoms with Crippen LogP contribution in [0.1, 0.15) is 71.5 Å². The Morgan fingerprint density at radius 3 is 1.50 bits per heavy atom. The van der Waals surface area contributed by atoms with Gasteiger partial charge in [-0.25, -0.2) is 9.59 Å². The van der Waals surface area contributed by atoms with Gasteiger partial charge in [-0.15, -0.1) is 0 Å². The fourth-order valence-corrected chi connectivity index (χ4v) is 4.76. The van der Waals surface area contributed by atoms with E-state index < -0.39 is 11.9 Å². The first kappa shape index (κ1) is 34.9. The standard InChI is InChI=1S/C20H26BNO5.C14H14BrNO3/c1-13-14(11-17(25-13)18(23)24-6)12-22-16-9-7-15(8-10-16)21-26-19(2,3)20(4,5)27-21;1-9-10(7-13(19-9)14(17)18-2)8-16-12-5-3-11(15)4-6-12/h7-11,22H,12H2,1-6H3;3-7,16H,8H2,1-2H3. The van der Waals surface area contributed by atoms with E-state index in [4.69, 9.17) is 18.1 Å². The zero-order chi connectivity index (χ0) is 33.6. The molecule has 0 radical (unpaired) electrons. The number of anilines is 2. The summed E-state index contributed by atoms with van der Waals surface area (Å²) in [4.78, 5) is 22.9. The number of nitrogens with one attached hydrogen (secondary N) is 2. The third-order valence-electron chi connectivity index (χ3n) is 8.06. The van der Waals surface area contributed by atoms with Crippen molar-refractivity contribution in [3.05, 3.63) is 99.3 Å². The molecule has 2 N–H and O–H groups in total. The maximum atomic E-state index is 11.5. The second kappa shape index (κ2) is 14.6. The molecule has 2 aromatic carbocycles. The fraction of sp³-hybridized carbons (Fsp3) is 0.353. The van der Waals surface area contributed by atoms with Crippen LogP contribution in [0.5, 0.6) is 0 Å². The molecule has 10 nitrogen and oxygen atoms in total. The molecule has 0 spiro atoms. The SMILES string of the molecule is COC(=O)c1cc(CNc2ccc(B3OC(C)(C)C(C)(C)O3)cc2)c(C)o1.COC(=O)c1cc(CNc2ccc(Br)cc2)c(C)o1. The molecule has 0 bridgehead atoms. The fourth-order valence-electron chi connectivity index (χ4n) is 4.49. The smallest absolute Gasteiger partial charge is 0.463 e. The Bertz CT molecular complexity index is 1630. The van der Waals surface area contributed by atoms with Gasteiger partial charge in [-0.05, 0) is 95.5 Å². The summed E-state index contributed by atoms with van der Waals surface area (Å²) in [6.45, 7) is 12.9. The lowest BCUT2D eigenvalue weighted by molar-refractivity contribution is 0.00578. The number of furan rings is 2. The minimum Gasteiger partial charge on any atom is -0.463 e. The van der Waals surface area contributed by atoms with E-state index in [1.54, 1.807) is 12.1 Å². The first-order valence-corrected chi connectivity index (χ1v) is 15.6. The molecule has 2 aromatic heterocycles. The van der Waals surface area contributed by atoms with Crippen LogP contribution in [-0.2, 0) is 31.9 Å². The molecule has 0 aliphatic carbocycles. The maximum Gasteiger partial charge on any atom is 0.494 e. The molecule has 46 heavy (non-hydrogen) atoms. The van der Waals surface area contributed by atoms with Crippen LogP contribution in [0.3, 0.4) is 0 Å². The Morgan fingerprint density at radius 1 is 0.717 bits per heavy atom. The average molecular weight is 695 g/mol. The lowest BCUT2D eigenvalue weighted by Crippen LogP contribution is -2.41. The van der Waals surface area contributed by atoms with E-state index in [0.717, 1.165) is 32.4 Å². The number of hydrogen-bond acceptors (Lipinski definition) is 10. The van der Waals surface area contributed by atoms with Crippen molar-refractivity contribution in [1.29, 1.82) is 0 Å². The molecule has 1 fully saturated rings. The van der Waals surface area contributed by atoms with Crippen molar-refractivity contribution < 1.29 is 37.2 Å². The summed E-state index contributed by atoms with van der Waals surface area (Å²) in [5.41, 5.74) is 4.06. The molecule has 1 aliphatic heterocycles. The van der Waals surface area contributed by atoms with Crippen molar-refractivity contribution in [2.24, 2.45) is 0 Å². The minimum absolute atomic E-state index is 0.211. The number of methoxy groups -OCH3 is 2. The number of rotatable bonds is 9. The van der Waals surface area contributed by atoms with Crippen LogP contribution in [0.15, 0.2) is 74.0 Å². The second-order valence-electron chi connectivity index (χ2n) is 11.8. The number of ether oxygens (including phenoxy) is 2. The van der Waals surface area contributed by atoms with Gasteiger partial charge in [-0.1, -0.05) is 28.1 Å². The average Bonchev–Trinajstić information content (AvgIpc) is 3.66. The minimum atomic E-state index is -0.476. The van der Waals surface area contributed by atoms with Crippen molar-refractivity contribution in [2.75, 3.05) is 24.9 Å². The Balaban J connectivity index is 0.000000222. The highest BCUT2D eigenvalue weighted by molar-refractivity contribution is 9.10. The third kappa shape index (κ3) is 8.42. The number of carbonyl (C=O) groups is 2. The van der Waals surface area contributed by atoms with Crippen LogP contribution in [0, 0.1) is 13.8 Å². The summed E-state index contributed by atoms with van der Waals surface area (Å²) in [7, 11) is 2.29. The highest BCUT2D eigenvalue weighted by atomic mass is 79.9. The van der Waals surface area contributed by atoms with E-state index in [9.17, 15) is 9.59 Å². The summed E-state index contributed by atoms with van der Waals surface area (Å²) in [6, 6.07) is 19.2. The third-order valence-corrected chi connectivity index (χ3v) is 8.59. The highest BCUT2D eigenvalue weighted by Gasteiger charge is 2.51. The molecule has 0 atom stereocenters. The molecule has 0 unspecified atom stereocenters. The summed E-state index contributed by atoms with van der Waals surface area (Å²) in [5, 5.41) is 6.59. The van der Waals surface area contributed by atoms with Crippen molar-refractivity contribution in [2.45, 2.75) is 65.8 Å². The van der Waals surface area contributed by atoms with Crippen molar-refractivity contribution in [3.63, 3.8) is 0 Å². The maximum absolute atomic E-state index is 11.5. The monoisotopic (exact) mass is 694 g/mol. The topological polar surface area (TPSA) is 121 Å². The van der Waals surface area contributed by atoms with Crippen molar-refractivity contribution in [1.82, 2.24) is 0 Å². The quantitative estimate of drug-likeness (QED) is 0.139. The molecule has 0 saturated carbocycles. The molecular weight excluding hydrogens is 655 g/mol. The summed E-state index contributed by atoms with van der Waals surface area (Å²) in [6.07, 6.45) is 0. The summed E-state index contributed by atoms with van der Waals surface area (Å²) in [5.74, 6) is 0.909. The lowest BCUT2D eigenvalue weighted by atomic mass is 9.79. The van der Waals surface area contributed by atoms with Gasteiger partial charge in [0.15, 0.2) is 0 Å². The van der Waals surface area contributed by atoms with Crippen LogP contribution in [0.25, 0.3) is 0 Å². The zero-order valence-electron chi connectivity index (χ0n) is 27.4. The first-order chi connectivity index (χ1) is 21.7. The van der Waals surface area contributed by atoms with Gasteiger partial charge in [0.1, 0.15) is 11.5 Å². The zero-order valence-corrected chi connectivity index (χ0v) is 29.0. The van der Waals surface area contributed by atoms with Gasteiger partial charge in [-0.2, -0.15) is 0 Å². The molecule has 12 heteroatoms. The van der Waals surface area contributed by atoms with Gasteiger partial charge >= 0.3 is 19.1 Å². The lowest BCUT2D eigenvalue weighted by Gasteiger charge is -2.32. The van der Waals surface area contributed by atoms with Crippen LogP contribution in [0.4, 0.5) is 11.4 Å². The molecule has 1 aliphatic rings. The molecule has 0 amide bonds. The van der Waals surface area contributed by atoms with Crippen molar-refractivity contribution in [3.8, 4) is 0 Å².